The molecule has 9 heteroatoms. The van der Waals surface area contributed by atoms with Crippen LogP contribution in [0.15, 0.2) is 48.6 Å². The average molecular weight is 1020 g/mol. The lowest BCUT2D eigenvalue weighted by atomic mass is 10.0. The Kier molecular flexibility index (Phi) is 52.1. The monoisotopic (exact) mass is 1020 g/mol. The predicted octanol–water partition coefficient (Wildman–Crippen LogP) is 18.7. The summed E-state index contributed by atoms with van der Waals surface area (Å²) in [7, 11) is 1.58. The van der Waals surface area contributed by atoms with Crippen LogP contribution in [0.3, 0.4) is 0 Å². The van der Waals surface area contributed by atoms with Crippen molar-refractivity contribution in [3.8, 4) is 0 Å². The number of nitrogens with zero attached hydrogens (tertiary/aromatic N) is 1. The summed E-state index contributed by atoms with van der Waals surface area (Å²) in [5.74, 6) is -0.174. The Morgan fingerprint density at radius 2 is 0.803 bits per heavy atom. The maximum Gasteiger partial charge on any atom is 0.472 e. The van der Waals surface area contributed by atoms with Crippen molar-refractivity contribution < 1.29 is 32.9 Å². The van der Waals surface area contributed by atoms with Crippen LogP contribution < -0.4 is 5.32 Å². The molecule has 0 spiro atoms. The summed E-state index contributed by atoms with van der Waals surface area (Å²) in [6, 6.07) is -0.844. The van der Waals surface area contributed by atoms with Crippen LogP contribution >= 0.6 is 7.82 Å². The minimum Gasteiger partial charge on any atom is -0.387 e. The first-order valence-electron chi connectivity index (χ1n) is 30.5. The Morgan fingerprint density at radius 3 is 1.17 bits per heavy atom. The Morgan fingerprint density at radius 1 is 0.479 bits per heavy atom. The minimum absolute atomic E-state index is 0.0626. The summed E-state index contributed by atoms with van der Waals surface area (Å²) in [4.78, 5) is 23.2. The molecule has 0 aromatic rings. The number of nitrogens with one attached hydrogen (secondary N) is 1. The topological polar surface area (TPSA) is 105 Å². The molecule has 0 radical (unpaired) electrons. The van der Waals surface area contributed by atoms with Crippen LogP contribution in [0, 0.1) is 0 Å². The fourth-order valence-corrected chi connectivity index (χ4v) is 9.73. The number of carbonyl (C=O) groups excluding carboxylic acids is 1. The zero-order valence-electron chi connectivity index (χ0n) is 47.7. The number of carbonyl (C=O) groups is 1. The molecule has 0 bridgehead atoms. The predicted molar refractivity (Wildman–Crippen MR) is 309 cm³/mol. The molecule has 0 aliphatic carbocycles. The molecule has 0 heterocycles. The van der Waals surface area contributed by atoms with Gasteiger partial charge in [-0.05, 0) is 57.8 Å². The van der Waals surface area contributed by atoms with Gasteiger partial charge in [0, 0.05) is 6.42 Å². The number of rotatable bonds is 56. The van der Waals surface area contributed by atoms with Gasteiger partial charge in [-0.1, -0.05) is 274 Å². The molecule has 0 aromatic carbocycles. The first-order valence-corrected chi connectivity index (χ1v) is 32.0. The maximum absolute atomic E-state index is 13.0. The average Bonchev–Trinajstić information content (AvgIpc) is 3.33. The summed E-state index contributed by atoms with van der Waals surface area (Å²) in [6.07, 6.45) is 71.0. The molecular formula is C62H120N2O6P+. The second-order valence-corrected chi connectivity index (χ2v) is 23.5. The molecule has 0 fully saturated rings. The fourth-order valence-electron chi connectivity index (χ4n) is 8.99. The number of unbranched alkanes of at least 4 members (excludes halogenated alkanes) is 37. The SMILES string of the molecule is CCCCCCC/C=C\C/C=C\C/C=C\CCCCCCCCCCCCCCCCCCCCCCCCC(=O)NC(COP(=O)(O)OCC[N+](C)(C)C)C(O)/C=C/CCCCCCCCCCCC. The van der Waals surface area contributed by atoms with E-state index in [1.54, 1.807) is 6.08 Å². The standard InChI is InChI=1S/C62H119N2O6P/c1-6-8-10-12-14-16-18-20-21-22-23-24-25-26-27-28-29-30-31-32-33-34-35-36-37-38-39-40-41-42-43-44-46-48-50-52-54-56-62(66)63-60(59-70-71(67,68)69-58-57-64(3,4)5)61(65)55-53-51-49-47-45-19-17-15-13-11-9-7-2/h18,20,22-23,25-26,53,55,60-61,65H,6-17,19,21,24,27-52,54,56-59H2,1-5H3,(H-,63,66,67,68)/p+1/b20-18-,23-22-,26-25-,55-53+. The van der Waals surface area contributed by atoms with Crippen molar-refractivity contribution >= 4 is 13.7 Å². The number of hydrogen-bond acceptors (Lipinski definition) is 5. The van der Waals surface area contributed by atoms with E-state index in [1.165, 1.54) is 218 Å². The zero-order chi connectivity index (χ0) is 52.0. The first kappa shape index (κ1) is 69.5. The van der Waals surface area contributed by atoms with E-state index in [0.29, 0.717) is 17.4 Å². The Hall–Kier alpha value is -1.54. The quantitative estimate of drug-likeness (QED) is 0.0243. The smallest absolute Gasteiger partial charge is 0.387 e. The molecule has 1 amide bonds. The zero-order valence-corrected chi connectivity index (χ0v) is 48.6. The van der Waals surface area contributed by atoms with Crippen molar-refractivity contribution in [2.45, 2.75) is 302 Å². The molecule has 71 heavy (non-hydrogen) atoms. The molecule has 8 nitrogen and oxygen atoms in total. The molecule has 0 saturated heterocycles. The van der Waals surface area contributed by atoms with Crippen molar-refractivity contribution in [2.75, 3.05) is 40.9 Å². The van der Waals surface area contributed by atoms with E-state index in [-0.39, 0.29) is 19.1 Å². The summed E-state index contributed by atoms with van der Waals surface area (Å²) < 4.78 is 23.7. The molecule has 0 rings (SSSR count). The van der Waals surface area contributed by atoms with Crippen molar-refractivity contribution in [3.05, 3.63) is 48.6 Å². The Balaban J connectivity index is 3.91. The third-order valence-electron chi connectivity index (χ3n) is 13.8. The third kappa shape index (κ3) is 56.0. The number of amides is 1. The molecular weight excluding hydrogens is 900 g/mol. The number of phosphoric ester groups is 1. The van der Waals surface area contributed by atoms with Gasteiger partial charge in [-0.15, -0.1) is 0 Å². The fraction of sp³-hybridized carbons (Fsp3) is 0.855. The molecule has 3 N–H and O–H groups in total. The van der Waals surface area contributed by atoms with Crippen LogP contribution in [0.4, 0.5) is 0 Å². The van der Waals surface area contributed by atoms with Crippen LogP contribution in [0.1, 0.15) is 290 Å². The van der Waals surface area contributed by atoms with Gasteiger partial charge in [-0.25, -0.2) is 4.57 Å². The van der Waals surface area contributed by atoms with Gasteiger partial charge in [0.15, 0.2) is 0 Å². The molecule has 3 atom stereocenters. The van der Waals surface area contributed by atoms with Crippen molar-refractivity contribution in [2.24, 2.45) is 0 Å². The highest BCUT2D eigenvalue weighted by molar-refractivity contribution is 7.47. The number of hydrogen-bond donors (Lipinski definition) is 3. The van der Waals surface area contributed by atoms with Gasteiger partial charge in [0.25, 0.3) is 0 Å². The van der Waals surface area contributed by atoms with Crippen LogP contribution in [0.2, 0.25) is 0 Å². The van der Waals surface area contributed by atoms with Crippen molar-refractivity contribution in [3.63, 3.8) is 0 Å². The van der Waals surface area contributed by atoms with E-state index in [9.17, 15) is 19.4 Å². The van der Waals surface area contributed by atoms with E-state index in [2.05, 4.69) is 55.6 Å². The van der Waals surface area contributed by atoms with Gasteiger partial charge in [0.2, 0.25) is 5.91 Å². The van der Waals surface area contributed by atoms with Gasteiger partial charge in [0.1, 0.15) is 13.2 Å². The van der Waals surface area contributed by atoms with Crippen molar-refractivity contribution in [1.29, 1.82) is 0 Å². The molecule has 3 unspecified atom stereocenters. The third-order valence-corrected chi connectivity index (χ3v) is 14.8. The van der Waals surface area contributed by atoms with Crippen LogP contribution in [-0.4, -0.2) is 73.4 Å². The molecule has 418 valence electrons. The Bertz CT molecular complexity index is 1290. The highest BCUT2D eigenvalue weighted by atomic mass is 31.2. The molecule has 0 saturated carbocycles. The normalized spacial score (nSPS) is 14.2. The lowest BCUT2D eigenvalue weighted by Gasteiger charge is -2.25. The summed E-state index contributed by atoms with van der Waals surface area (Å²) in [5, 5.41) is 13.9. The van der Waals surface area contributed by atoms with Gasteiger partial charge < -0.3 is 19.8 Å². The number of quaternary nitrogens is 1. The van der Waals surface area contributed by atoms with Crippen LogP contribution in [0.25, 0.3) is 0 Å². The van der Waals surface area contributed by atoms with Crippen LogP contribution in [0.5, 0.6) is 0 Å². The second-order valence-electron chi connectivity index (χ2n) is 22.1. The minimum atomic E-state index is -4.34. The number of likely N-dealkylation sites (N-methyl/N-ethyl adjacent to an activating group) is 1. The first-order chi connectivity index (χ1) is 34.5. The van der Waals surface area contributed by atoms with Crippen molar-refractivity contribution in [1.82, 2.24) is 5.32 Å². The summed E-state index contributed by atoms with van der Waals surface area (Å²) in [5.41, 5.74) is 0. The van der Waals surface area contributed by atoms with E-state index >= 15 is 0 Å². The van der Waals surface area contributed by atoms with Gasteiger partial charge in [-0.3, -0.25) is 13.8 Å². The highest BCUT2D eigenvalue weighted by Crippen LogP contribution is 2.43. The second kappa shape index (κ2) is 53.3. The molecule has 0 aliphatic rings. The summed E-state index contributed by atoms with van der Waals surface area (Å²) >= 11 is 0. The number of phosphoric acid groups is 1. The largest absolute Gasteiger partial charge is 0.472 e. The number of allylic oxidation sites excluding steroid dienone is 7. The number of aliphatic hydroxyl groups is 1. The van der Waals surface area contributed by atoms with Gasteiger partial charge >= 0.3 is 7.82 Å². The molecule has 0 aliphatic heterocycles. The lowest BCUT2D eigenvalue weighted by molar-refractivity contribution is -0.870. The molecule has 0 aromatic heterocycles. The van der Waals surface area contributed by atoms with E-state index in [4.69, 9.17) is 9.05 Å². The maximum atomic E-state index is 13.0. The Labute approximate surface area is 441 Å². The number of aliphatic hydroxyl groups excluding tert-OH is 1. The lowest BCUT2D eigenvalue weighted by Crippen LogP contribution is -2.45. The van der Waals surface area contributed by atoms with E-state index in [0.717, 1.165) is 51.4 Å². The summed E-state index contributed by atoms with van der Waals surface area (Å²) in [6.45, 7) is 4.81. The van der Waals surface area contributed by atoms with E-state index in [1.807, 2.05) is 27.2 Å². The van der Waals surface area contributed by atoms with Gasteiger partial charge in [0.05, 0.1) is 39.9 Å². The van der Waals surface area contributed by atoms with E-state index < -0.39 is 20.0 Å². The van der Waals surface area contributed by atoms with Gasteiger partial charge in [-0.2, -0.15) is 0 Å². The van der Waals surface area contributed by atoms with Crippen LogP contribution in [-0.2, 0) is 18.4 Å². The highest BCUT2D eigenvalue weighted by Gasteiger charge is 2.27.